The maximum atomic E-state index is 13.0. The molecule has 0 bridgehead atoms. The van der Waals surface area contributed by atoms with Crippen LogP contribution in [0.2, 0.25) is 0 Å². The highest BCUT2D eigenvalue weighted by atomic mass is 32.1. The van der Waals surface area contributed by atoms with Crippen LogP contribution in [-0.2, 0) is 6.54 Å². The topological polar surface area (TPSA) is 67.2 Å². The van der Waals surface area contributed by atoms with Crippen LogP contribution in [0.25, 0.3) is 0 Å². The number of rotatable bonds is 4. The molecule has 0 saturated heterocycles. The third kappa shape index (κ3) is 3.23. The van der Waals surface area contributed by atoms with Crippen LogP contribution in [0.5, 0.6) is 0 Å². The molecule has 0 spiro atoms. The summed E-state index contributed by atoms with van der Waals surface area (Å²) in [5, 5.41) is 6.43. The molecule has 4 N–H and O–H groups in total. The SMILES string of the molecule is CNC(=O)c1sc(NCc2cccc(F)c2)cc1N. The summed E-state index contributed by atoms with van der Waals surface area (Å²) in [4.78, 5) is 12.0. The van der Waals surface area contributed by atoms with Crippen molar-refractivity contribution in [3.05, 3.63) is 46.6 Å². The molecule has 4 nitrogen and oxygen atoms in total. The number of thiophene rings is 1. The van der Waals surface area contributed by atoms with Crippen LogP contribution in [0, 0.1) is 5.82 Å². The monoisotopic (exact) mass is 279 g/mol. The van der Waals surface area contributed by atoms with Crippen molar-refractivity contribution in [1.82, 2.24) is 5.32 Å². The van der Waals surface area contributed by atoms with Gasteiger partial charge in [0.2, 0.25) is 0 Å². The normalized spacial score (nSPS) is 10.2. The summed E-state index contributed by atoms with van der Waals surface area (Å²) >= 11 is 1.27. The Hall–Kier alpha value is -2.08. The number of hydrogen-bond donors (Lipinski definition) is 3. The molecule has 1 amide bonds. The molecule has 2 aromatic rings. The van der Waals surface area contributed by atoms with Crippen LogP contribution < -0.4 is 16.4 Å². The zero-order valence-corrected chi connectivity index (χ0v) is 11.2. The van der Waals surface area contributed by atoms with Gasteiger partial charge in [0.05, 0.1) is 10.7 Å². The molecule has 1 aromatic carbocycles. The fraction of sp³-hybridized carbons (Fsp3) is 0.154. The van der Waals surface area contributed by atoms with Gasteiger partial charge in [0.1, 0.15) is 10.7 Å². The van der Waals surface area contributed by atoms with Crippen molar-refractivity contribution in [1.29, 1.82) is 0 Å². The number of nitrogen functional groups attached to an aromatic ring is 1. The Kier molecular flexibility index (Phi) is 4.01. The summed E-state index contributed by atoms with van der Waals surface area (Å²) in [6.07, 6.45) is 0. The number of carbonyl (C=O) groups is 1. The van der Waals surface area contributed by atoms with Crippen molar-refractivity contribution in [2.45, 2.75) is 6.54 Å². The zero-order chi connectivity index (χ0) is 13.8. The predicted octanol–water partition coefficient (Wildman–Crippen LogP) is 2.44. The summed E-state index contributed by atoms with van der Waals surface area (Å²) in [6, 6.07) is 8.05. The molecule has 2 rings (SSSR count). The van der Waals surface area contributed by atoms with Gasteiger partial charge in [-0.15, -0.1) is 11.3 Å². The van der Waals surface area contributed by atoms with Crippen molar-refractivity contribution in [2.24, 2.45) is 0 Å². The quantitative estimate of drug-likeness (QED) is 0.805. The van der Waals surface area contributed by atoms with Crippen molar-refractivity contribution < 1.29 is 9.18 Å². The van der Waals surface area contributed by atoms with E-state index in [1.807, 2.05) is 6.07 Å². The molecule has 0 saturated carbocycles. The predicted molar refractivity (Wildman–Crippen MR) is 75.8 cm³/mol. The van der Waals surface area contributed by atoms with E-state index in [0.717, 1.165) is 10.6 Å². The van der Waals surface area contributed by atoms with E-state index in [1.54, 1.807) is 19.2 Å². The Morgan fingerprint density at radius 1 is 1.42 bits per heavy atom. The first-order valence-electron chi connectivity index (χ1n) is 5.70. The van der Waals surface area contributed by atoms with Crippen molar-refractivity contribution >= 4 is 27.9 Å². The molecular formula is C13H14FN3OS. The van der Waals surface area contributed by atoms with E-state index in [4.69, 9.17) is 5.73 Å². The lowest BCUT2D eigenvalue weighted by Gasteiger charge is -2.03. The molecule has 0 aliphatic heterocycles. The van der Waals surface area contributed by atoms with Gasteiger partial charge in [0, 0.05) is 13.6 Å². The largest absolute Gasteiger partial charge is 0.397 e. The maximum Gasteiger partial charge on any atom is 0.263 e. The first-order valence-corrected chi connectivity index (χ1v) is 6.51. The van der Waals surface area contributed by atoms with E-state index in [2.05, 4.69) is 10.6 Å². The highest BCUT2D eigenvalue weighted by Gasteiger charge is 2.12. The average Bonchev–Trinajstić information content (AvgIpc) is 2.77. The van der Waals surface area contributed by atoms with E-state index in [9.17, 15) is 9.18 Å². The first-order chi connectivity index (χ1) is 9.10. The standard InChI is InChI=1S/C13H14FN3OS/c1-16-13(18)12-10(15)6-11(19-12)17-7-8-3-2-4-9(14)5-8/h2-6,17H,7,15H2,1H3,(H,16,18). The summed E-state index contributed by atoms with van der Waals surface area (Å²) in [7, 11) is 1.56. The molecule has 1 aromatic heterocycles. The number of amides is 1. The van der Waals surface area contributed by atoms with Gasteiger partial charge >= 0.3 is 0 Å². The van der Waals surface area contributed by atoms with Gasteiger partial charge in [-0.05, 0) is 23.8 Å². The zero-order valence-electron chi connectivity index (χ0n) is 10.4. The van der Waals surface area contributed by atoms with Crippen LogP contribution in [0.3, 0.4) is 0 Å². The van der Waals surface area contributed by atoms with Gasteiger partial charge in [0.25, 0.3) is 5.91 Å². The molecule has 19 heavy (non-hydrogen) atoms. The second-order valence-electron chi connectivity index (χ2n) is 3.96. The van der Waals surface area contributed by atoms with E-state index in [-0.39, 0.29) is 11.7 Å². The average molecular weight is 279 g/mol. The van der Waals surface area contributed by atoms with Gasteiger partial charge in [-0.1, -0.05) is 12.1 Å². The van der Waals surface area contributed by atoms with Gasteiger partial charge in [0.15, 0.2) is 0 Å². The molecule has 0 aliphatic rings. The number of anilines is 2. The van der Waals surface area contributed by atoms with Crippen LogP contribution in [-0.4, -0.2) is 13.0 Å². The van der Waals surface area contributed by atoms with Crippen LogP contribution in [0.15, 0.2) is 30.3 Å². The third-order valence-corrected chi connectivity index (χ3v) is 3.66. The fourth-order valence-corrected chi connectivity index (χ4v) is 2.54. The Labute approximate surface area is 114 Å². The number of hydrogen-bond acceptors (Lipinski definition) is 4. The number of halogens is 1. The van der Waals surface area contributed by atoms with E-state index >= 15 is 0 Å². The Bertz CT molecular complexity index is 597. The number of benzene rings is 1. The van der Waals surface area contributed by atoms with E-state index in [1.165, 1.54) is 23.5 Å². The summed E-state index contributed by atoms with van der Waals surface area (Å²) in [5.74, 6) is -0.475. The number of nitrogens with two attached hydrogens (primary N) is 1. The van der Waals surface area contributed by atoms with Crippen molar-refractivity contribution in [3.8, 4) is 0 Å². The molecule has 0 atom stereocenters. The lowest BCUT2D eigenvalue weighted by atomic mass is 10.2. The smallest absolute Gasteiger partial charge is 0.263 e. The Morgan fingerprint density at radius 3 is 2.89 bits per heavy atom. The van der Waals surface area contributed by atoms with Gasteiger partial charge in [-0.3, -0.25) is 4.79 Å². The van der Waals surface area contributed by atoms with Gasteiger partial charge < -0.3 is 16.4 Å². The highest BCUT2D eigenvalue weighted by molar-refractivity contribution is 7.18. The minimum Gasteiger partial charge on any atom is -0.397 e. The van der Waals surface area contributed by atoms with Gasteiger partial charge in [-0.25, -0.2) is 4.39 Å². The highest BCUT2D eigenvalue weighted by Crippen LogP contribution is 2.29. The summed E-state index contributed by atoms with van der Waals surface area (Å²) in [5.41, 5.74) is 7.02. The van der Waals surface area contributed by atoms with E-state index < -0.39 is 0 Å². The Balaban J connectivity index is 2.06. The first kappa shape index (κ1) is 13.4. The van der Waals surface area contributed by atoms with E-state index in [0.29, 0.717) is 17.1 Å². The maximum absolute atomic E-state index is 13.0. The summed E-state index contributed by atoms with van der Waals surface area (Å²) in [6.45, 7) is 0.477. The molecule has 0 unspecified atom stereocenters. The van der Waals surface area contributed by atoms with Crippen LogP contribution in [0.1, 0.15) is 15.2 Å². The second-order valence-corrected chi connectivity index (χ2v) is 5.01. The molecule has 6 heteroatoms. The lowest BCUT2D eigenvalue weighted by Crippen LogP contribution is -2.17. The third-order valence-electron chi connectivity index (χ3n) is 2.55. The second kappa shape index (κ2) is 5.71. The number of carbonyl (C=O) groups excluding carboxylic acids is 1. The molecular weight excluding hydrogens is 265 g/mol. The van der Waals surface area contributed by atoms with Crippen LogP contribution in [0.4, 0.5) is 15.1 Å². The summed E-state index contributed by atoms with van der Waals surface area (Å²) < 4.78 is 13.0. The lowest BCUT2D eigenvalue weighted by molar-refractivity contribution is 0.0968. The molecule has 100 valence electrons. The van der Waals surface area contributed by atoms with Crippen molar-refractivity contribution in [3.63, 3.8) is 0 Å². The minimum absolute atomic E-state index is 0.207. The van der Waals surface area contributed by atoms with Gasteiger partial charge in [-0.2, -0.15) is 0 Å². The Morgan fingerprint density at radius 2 is 2.21 bits per heavy atom. The molecule has 0 radical (unpaired) electrons. The van der Waals surface area contributed by atoms with Crippen LogP contribution >= 0.6 is 11.3 Å². The molecule has 0 aliphatic carbocycles. The fourth-order valence-electron chi connectivity index (χ4n) is 1.62. The molecule has 1 heterocycles. The molecule has 0 fully saturated rings. The number of nitrogens with one attached hydrogen (secondary N) is 2. The minimum atomic E-state index is -0.268. The van der Waals surface area contributed by atoms with Crippen molar-refractivity contribution in [2.75, 3.05) is 18.1 Å².